The van der Waals surface area contributed by atoms with Gasteiger partial charge in [0.15, 0.2) is 11.5 Å². The first-order chi connectivity index (χ1) is 13.8. The molecule has 1 aromatic rings. The number of hydrogen-bond acceptors (Lipinski definition) is 6. The molecule has 2 atom stereocenters. The van der Waals surface area contributed by atoms with Gasteiger partial charge in [0.25, 0.3) is 0 Å². The topological polar surface area (TPSA) is 106 Å². The lowest BCUT2D eigenvalue weighted by molar-refractivity contribution is -0.145. The number of aliphatic carboxylic acids is 1. The van der Waals surface area contributed by atoms with Crippen LogP contribution in [0.2, 0.25) is 0 Å². The van der Waals surface area contributed by atoms with E-state index in [1.165, 1.54) is 7.11 Å². The molecule has 0 spiro atoms. The number of carbonyl (C=O) groups is 2. The Bertz CT molecular complexity index is 765. The van der Waals surface area contributed by atoms with Crippen LogP contribution in [0.15, 0.2) is 18.2 Å². The van der Waals surface area contributed by atoms with Crippen molar-refractivity contribution >= 4 is 11.9 Å². The van der Waals surface area contributed by atoms with E-state index in [2.05, 4.69) is 6.07 Å². The lowest BCUT2D eigenvalue weighted by Crippen LogP contribution is -2.31. The number of nitrogens with zero attached hydrogens (tertiary/aromatic N) is 1. The minimum atomic E-state index is -1.16. The van der Waals surface area contributed by atoms with Crippen LogP contribution in [0.5, 0.6) is 11.5 Å². The van der Waals surface area contributed by atoms with Gasteiger partial charge >= 0.3 is 11.9 Å². The number of carboxylic acids is 1. The zero-order valence-corrected chi connectivity index (χ0v) is 17.3. The smallest absolute Gasteiger partial charge is 0.308 e. The third-order valence-corrected chi connectivity index (χ3v) is 5.55. The van der Waals surface area contributed by atoms with Gasteiger partial charge in [0.1, 0.15) is 0 Å². The van der Waals surface area contributed by atoms with Crippen molar-refractivity contribution in [3.63, 3.8) is 0 Å². The lowest BCUT2D eigenvalue weighted by atomic mass is 9.72. The third kappa shape index (κ3) is 5.63. The van der Waals surface area contributed by atoms with Crippen molar-refractivity contribution in [2.45, 2.75) is 63.4 Å². The second kappa shape index (κ2) is 10.1. The van der Waals surface area contributed by atoms with E-state index >= 15 is 0 Å². The number of methoxy groups -OCH3 is 2. The number of benzene rings is 1. The van der Waals surface area contributed by atoms with E-state index in [0.717, 1.165) is 25.7 Å². The number of esters is 1. The first kappa shape index (κ1) is 22.5. The third-order valence-electron chi connectivity index (χ3n) is 5.55. The molecule has 0 saturated heterocycles. The second-order valence-electron chi connectivity index (χ2n) is 7.61. The number of ether oxygens (including phenoxy) is 3. The molecule has 1 aliphatic rings. The van der Waals surface area contributed by atoms with E-state index < -0.39 is 23.3 Å². The summed E-state index contributed by atoms with van der Waals surface area (Å²) in [5.74, 6) is -0.888. The number of hydrogen-bond donors (Lipinski definition) is 1. The highest BCUT2D eigenvalue weighted by molar-refractivity contribution is 5.72. The van der Waals surface area contributed by atoms with Crippen molar-refractivity contribution in [3.05, 3.63) is 23.8 Å². The van der Waals surface area contributed by atoms with Gasteiger partial charge in [-0.3, -0.25) is 9.59 Å². The minimum Gasteiger partial charge on any atom is -0.493 e. The maximum absolute atomic E-state index is 12.0. The molecule has 0 heterocycles. The van der Waals surface area contributed by atoms with Gasteiger partial charge in [0, 0.05) is 6.42 Å². The molecular formula is C22H29NO6. The summed E-state index contributed by atoms with van der Waals surface area (Å²) < 4.78 is 16.4. The Hall–Kier alpha value is -2.75. The fraction of sp³-hybridized carbons (Fsp3) is 0.591. The van der Waals surface area contributed by atoms with Crippen LogP contribution in [-0.2, 0) is 19.7 Å². The van der Waals surface area contributed by atoms with E-state index in [9.17, 15) is 20.0 Å². The van der Waals surface area contributed by atoms with Gasteiger partial charge in [-0.1, -0.05) is 13.0 Å². The Kier molecular flexibility index (Phi) is 7.89. The zero-order chi connectivity index (χ0) is 21.4. The van der Waals surface area contributed by atoms with Gasteiger partial charge < -0.3 is 19.3 Å². The molecule has 0 bridgehead atoms. The fourth-order valence-corrected chi connectivity index (χ4v) is 3.91. The van der Waals surface area contributed by atoms with Crippen molar-refractivity contribution in [2.24, 2.45) is 5.92 Å². The minimum absolute atomic E-state index is 0.0787. The molecule has 7 heteroatoms. The van der Waals surface area contributed by atoms with E-state index in [1.54, 1.807) is 32.2 Å². The molecular weight excluding hydrogens is 374 g/mol. The standard InChI is InChI=1S/C22H29NO6/c1-15(21(26)28-3)13-22(14-23,11-10-20(24)25)16-8-9-18(27-2)19(12-16)29-17-6-4-5-7-17/h8-9,12,15,17H,4-7,10-11,13H2,1-3H3,(H,24,25). The Morgan fingerprint density at radius 2 is 1.97 bits per heavy atom. The summed E-state index contributed by atoms with van der Waals surface area (Å²) in [5.41, 5.74) is -0.544. The number of nitriles is 1. The van der Waals surface area contributed by atoms with Gasteiger partial charge in [-0.15, -0.1) is 0 Å². The molecule has 1 aliphatic carbocycles. The average Bonchev–Trinajstić information content (AvgIpc) is 3.23. The first-order valence-electron chi connectivity index (χ1n) is 9.91. The fourth-order valence-electron chi connectivity index (χ4n) is 3.91. The van der Waals surface area contributed by atoms with Crippen LogP contribution < -0.4 is 9.47 Å². The van der Waals surface area contributed by atoms with Crippen molar-refractivity contribution in [1.82, 2.24) is 0 Å². The molecule has 2 rings (SSSR count). The SMILES string of the molecule is COC(=O)C(C)CC(C#N)(CCC(=O)O)c1ccc(OC)c(OC2CCCC2)c1. The highest BCUT2D eigenvalue weighted by atomic mass is 16.5. The summed E-state index contributed by atoms with van der Waals surface area (Å²) in [5, 5.41) is 19.3. The predicted molar refractivity (Wildman–Crippen MR) is 106 cm³/mol. The summed E-state index contributed by atoms with van der Waals surface area (Å²) in [7, 11) is 2.85. The molecule has 1 fully saturated rings. The molecule has 158 valence electrons. The molecule has 1 aromatic carbocycles. The first-order valence-corrected chi connectivity index (χ1v) is 9.91. The maximum Gasteiger partial charge on any atom is 0.308 e. The maximum atomic E-state index is 12.0. The van der Waals surface area contributed by atoms with Crippen LogP contribution in [0, 0.1) is 17.2 Å². The lowest BCUT2D eigenvalue weighted by Gasteiger charge is -2.30. The zero-order valence-electron chi connectivity index (χ0n) is 17.3. The summed E-state index contributed by atoms with van der Waals surface area (Å²) >= 11 is 0. The number of rotatable bonds is 10. The van der Waals surface area contributed by atoms with Crippen molar-refractivity contribution in [2.75, 3.05) is 14.2 Å². The van der Waals surface area contributed by atoms with E-state index in [4.69, 9.17) is 14.2 Å². The summed E-state index contributed by atoms with van der Waals surface area (Å²) in [6, 6.07) is 7.52. The van der Waals surface area contributed by atoms with Crippen molar-refractivity contribution in [3.8, 4) is 17.6 Å². The van der Waals surface area contributed by atoms with Crippen LogP contribution in [0.1, 0.15) is 57.4 Å². The molecule has 0 radical (unpaired) electrons. The Balaban J connectivity index is 2.43. The molecule has 7 nitrogen and oxygen atoms in total. The highest BCUT2D eigenvalue weighted by Crippen LogP contribution is 2.41. The Morgan fingerprint density at radius 1 is 1.28 bits per heavy atom. The summed E-state index contributed by atoms with van der Waals surface area (Å²) in [6.07, 6.45) is 4.31. The predicted octanol–water partition coefficient (Wildman–Crippen LogP) is 3.84. The van der Waals surface area contributed by atoms with Crippen LogP contribution in [-0.4, -0.2) is 37.4 Å². The van der Waals surface area contributed by atoms with Gasteiger partial charge in [-0.05, 0) is 56.2 Å². The van der Waals surface area contributed by atoms with Crippen LogP contribution >= 0.6 is 0 Å². The molecule has 0 aliphatic heterocycles. The van der Waals surface area contributed by atoms with Crippen LogP contribution in [0.3, 0.4) is 0 Å². The largest absolute Gasteiger partial charge is 0.493 e. The van der Waals surface area contributed by atoms with E-state index in [-0.39, 0.29) is 25.4 Å². The monoisotopic (exact) mass is 403 g/mol. The molecule has 0 amide bonds. The van der Waals surface area contributed by atoms with E-state index in [0.29, 0.717) is 17.1 Å². The molecule has 0 aromatic heterocycles. The van der Waals surface area contributed by atoms with Gasteiger partial charge in [-0.2, -0.15) is 5.26 Å². The number of carbonyl (C=O) groups excluding carboxylic acids is 1. The summed E-state index contributed by atoms with van der Waals surface area (Å²) in [4.78, 5) is 23.2. The van der Waals surface area contributed by atoms with Crippen molar-refractivity contribution < 1.29 is 28.9 Å². The molecule has 1 N–H and O–H groups in total. The highest BCUT2D eigenvalue weighted by Gasteiger charge is 2.37. The second-order valence-corrected chi connectivity index (χ2v) is 7.61. The number of carboxylic acid groups (broad SMARTS) is 1. The van der Waals surface area contributed by atoms with Crippen LogP contribution in [0.25, 0.3) is 0 Å². The van der Waals surface area contributed by atoms with E-state index in [1.807, 2.05) is 0 Å². The normalized spacial score (nSPS) is 17.0. The van der Waals surface area contributed by atoms with Gasteiger partial charge in [0.2, 0.25) is 0 Å². The van der Waals surface area contributed by atoms with Crippen LogP contribution in [0.4, 0.5) is 0 Å². The molecule has 1 saturated carbocycles. The average molecular weight is 403 g/mol. The molecule has 29 heavy (non-hydrogen) atoms. The Morgan fingerprint density at radius 3 is 2.52 bits per heavy atom. The van der Waals surface area contributed by atoms with Gasteiger partial charge in [-0.25, -0.2) is 0 Å². The van der Waals surface area contributed by atoms with Gasteiger partial charge in [0.05, 0.1) is 37.7 Å². The molecule has 2 unspecified atom stereocenters. The Labute approximate surface area is 171 Å². The quantitative estimate of drug-likeness (QED) is 0.592. The van der Waals surface area contributed by atoms with Crippen molar-refractivity contribution in [1.29, 1.82) is 5.26 Å². The summed E-state index contributed by atoms with van der Waals surface area (Å²) in [6.45, 7) is 1.68.